The summed E-state index contributed by atoms with van der Waals surface area (Å²) >= 11 is 3.25. The Morgan fingerprint density at radius 3 is 2.42 bits per heavy atom. The highest BCUT2D eigenvalue weighted by atomic mass is 79.9. The van der Waals surface area contributed by atoms with Crippen molar-refractivity contribution in [2.24, 2.45) is 5.18 Å². The van der Waals surface area contributed by atoms with E-state index in [1.54, 1.807) is 30.3 Å². The van der Waals surface area contributed by atoms with Crippen LogP contribution in [0.4, 0.5) is 0 Å². The number of halogens is 1. The number of nitriles is 1. The van der Waals surface area contributed by atoms with Gasteiger partial charge in [-0.25, -0.2) is 0 Å². The lowest BCUT2D eigenvalue weighted by Crippen LogP contribution is -1.89. The SMILES string of the molecule is N#CC(N=O)c1ccc(Br)cc1. The molecule has 0 heterocycles. The van der Waals surface area contributed by atoms with Crippen molar-refractivity contribution in [1.82, 2.24) is 0 Å². The van der Waals surface area contributed by atoms with Gasteiger partial charge < -0.3 is 0 Å². The maximum Gasteiger partial charge on any atom is 0.203 e. The molecule has 12 heavy (non-hydrogen) atoms. The van der Waals surface area contributed by atoms with Gasteiger partial charge in [0, 0.05) is 4.47 Å². The minimum atomic E-state index is -0.891. The minimum absolute atomic E-state index is 0.621. The molecule has 0 aromatic heterocycles. The van der Waals surface area contributed by atoms with Crippen molar-refractivity contribution in [2.45, 2.75) is 6.04 Å². The van der Waals surface area contributed by atoms with Gasteiger partial charge in [-0.2, -0.15) is 5.26 Å². The van der Waals surface area contributed by atoms with Gasteiger partial charge in [-0.05, 0) is 22.9 Å². The third kappa shape index (κ3) is 1.89. The maximum absolute atomic E-state index is 10.1. The third-order valence-electron chi connectivity index (χ3n) is 1.41. The zero-order valence-corrected chi connectivity index (χ0v) is 7.65. The number of benzene rings is 1. The van der Waals surface area contributed by atoms with Crippen molar-refractivity contribution in [3.8, 4) is 6.07 Å². The van der Waals surface area contributed by atoms with Gasteiger partial charge in [-0.3, -0.25) is 0 Å². The lowest BCUT2D eigenvalue weighted by Gasteiger charge is -1.98. The van der Waals surface area contributed by atoms with Crippen molar-refractivity contribution in [2.75, 3.05) is 0 Å². The van der Waals surface area contributed by atoms with Crippen molar-refractivity contribution < 1.29 is 0 Å². The average Bonchev–Trinajstić information content (AvgIpc) is 2.10. The molecule has 0 spiro atoms. The fourth-order valence-corrected chi connectivity index (χ4v) is 1.07. The molecule has 1 atom stereocenters. The van der Waals surface area contributed by atoms with Crippen LogP contribution in [-0.2, 0) is 0 Å². The van der Waals surface area contributed by atoms with E-state index in [2.05, 4.69) is 21.1 Å². The van der Waals surface area contributed by atoms with E-state index in [0.29, 0.717) is 5.56 Å². The zero-order valence-electron chi connectivity index (χ0n) is 6.07. The lowest BCUT2D eigenvalue weighted by atomic mass is 10.1. The molecule has 1 aromatic rings. The van der Waals surface area contributed by atoms with Gasteiger partial charge in [-0.15, -0.1) is 4.91 Å². The van der Waals surface area contributed by atoms with Crippen LogP contribution in [0, 0.1) is 16.2 Å². The fourth-order valence-electron chi connectivity index (χ4n) is 0.804. The highest BCUT2D eigenvalue weighted by Gasteiger charge is 2.08. The van der Waals surface area contributed by atoms with Crippen molar-refractivity contribution >= 4 is 15.9 Å². The first-order chi connectivity index (χ1) is 5.77. The van der Waals surface area contributed by atoms with E-state index in [1.165, 1.54) is 0 Å². The van der Waals surface area contributed by atoms with Gasteiger partial charge in [-0.1, -0.05) is 28.1 Å². The Morgan fingerprint density at radius 1 is 1.42 bits per heavy atom. The molecule has 4 heteroatoms. The molecule has 3 nitrogen and oxygen atoms in total. The van der Waals surface area contributed by atoms with Crippen molar-refractivity contribution in [3.05, 3.63) is 39.2 Å². The van der Waals surface area contributed by atoms with Crippen LogP contribution in [0.2, 0.25) is 0 Å². The van der Waals surface area contributed by atoms with E-state index in [1.807, 2.05) is 0 Å². The van der Waals surface area contributed by atoms with Gasteiger partial charge in [0.05, 0.1) is 6.07 Å². The van der Waals surface area contributed by atoms with Crippen LogP contribution in [0.1, 0.15) is 11.6 Å². The number of hydrogen-bond donors (Lipinski definition) is 0. The summed E-state index contributed by atoms with van der Waals surface area (Å²) < 4.78 is 0.911. The van der Waals surface area contributed by atoms with Crippen molar-refractivity contribution in [1.29, 1.82) is 5.26 Å². The predicted octanol–water partition coefficient (Wildman–Crippen LogP) is 2.78. The third-order valence-corrected chi connectivity index (χ3v) is 1.94. The molecule has 0 radical (unpaired) electrons. The van der Waals surface area contributed by atoms with Crippen LogP contribution < -0.4 is 0 Å². The van der Waals surface area contributed by atoms with Crippen LogP contribution in [-0.4, -0.2) is 0 Å². The highest BCUT2D eigenvalue weighted by Crippen LogP contribution is 2.18. The van der Waals surface area contributed by atoms with Crippen LogP contribution in [0.15, 0.2) is 33.9 Å². The molecule has 0 amide bonds. The summed E-state index contributed by atoms with van der Waals surface area (Å²) in [7, 11) is 0. The Hall–Kier alpha value is -1.21. The molecule has 0 saturated carbocycles. The Bertz CT molecular complexity index is 315. The van der Waals surface area contributed by atoms with Crippen LogP contribution in [0.3, 0.4) is 0 Å². The monoisotopic (exact) mass is 224 g/mol. The summed E-state index contributed by atoms with van der Waals surface area (Å²) in [5, 5.41) is 11.2. The number of nitroso groups, excluding NO2 is 1. The Kier molecular flexibility index (Phi) is 2.94. The normalized spacial score (nSPS) is 11.7. The average molecular weight is 225 g/mol. The second kappa shape index (κ2) is 3.98. The molecule has 1 aromatic carbocycles. The quantitative estimate of drug-likeness (QED) is 0.726. The zero-order chi connectivity index (χ0) is 8.97. The van der Waals surface area contributed by atoms with E-state index in [0.717, 1.165) is 4.47 Å². The second-order valence-electron chi connectivity index (χ2n) is 2.19. The van der Waals surface area contributed by atoms with Crippen LogP contribution in [0.5, 0.6) is 0 Å². The van der Waals surface area contributed by atoms with E-state index in [9.17, 15) is 4.91 Å². The highest BCUT2D eigenvalue weighted by molar-refractivity contribution is 9.10. The molecule has 1 rings (SSSR count). The molecule has 60 valence electrons. The van der Waals surface area contributed by atoms with Crippen molar-refractivity contribution in [3.63, 3.8) is 0 Å². The molecule has 0 bridgehead atoms. The molecular weight excluding hydrogens is 220 g/mol. The lowest BCUT2D eigenvalue weighted by molar-refractivity contribution is 0.916. The van der Waals surface area contributed by atoms with E-state index >= 15 is 0 Å². The van der Waals surface area contributed by atoms with E-state index in [-0.39, 0.29) is 0 Å². The maximum atomic E-state index is 10.1. The smallest absolute Gasteiger partial charge is 0.195 e. The molecule has 1 unspecified atom stereocenters. The summed E-state index contributed by atoms with van der Waals surface area (Å²) in [6, 6.07) is 7.83. The molecule has 0 aliphatic carbocycles. The molecule has 0 N–H and O–H groups in total. The Labute approximate surface area is 78.1 Å². The first-order valence-electron chi connectivity index (χ1n) is 3.25. The minimum Gasteiger partial charge on any atom is -0.195 e. The van der Waals surface area contributed by atoms with E-state index in [4.69, 9.17) is 5.26 Å². The van der Waals surface area contributed by atoms with Gasteiger partial charge >= 0.3 is 0 Å². The van der Waals surface area contributed by atoms with Crippen LogP contribution >= 0.6 is 15.9 Å². The van der Waals surface area contributed by atoms with Crippen LogP contribution in [0.25, 0.3) is 0 Å². The number of rotatable bonds is 2. The summed E-state index contributed by atoms with van der Waals surface area (Å²) in [4.78, 5) is 10.1. The molecule has 0 saturated heterocycles. The first-order valence-corrected chi connectivity index (χ1v) is 4.05. The summed E-state index contributed by atoms with van der Waals surface area (Å²) in [6.07, 6.45) is 0. The summed E-state index contributed by atoms with van der Waals surface area (Å²) in [6.45, 7) is 0. The largest absolute Gasteiger partial charge is 0.203 e. The topological polar surface area (TPSA) is 53.2 Å². The van der Waals surface area contributed by atoms with Gasteiger partial charge in [0.25, 0.3) is 0 Å². The summed E-state index contributed by atoms with van der Waals surface area (Å²) in [5.74, 6) is 0. The molecule has 0 aliphatic rings. The molecular formula is C8H5BrN2O. The van der Waals surface area contributed by atoms with Gasteiger partial charge in [0.15, 0.2) is 0 Å². The number of nitrogens with zero attached hydrogens (tertiary/aromatic N) is 2. The predicted molar refractivity (Wildman–Crippen MR) is 48.3 cm³/mol. The Balaban J connectivity index is 2.97. The first kappa shape index (κ1) is 8.88. The molecule has 0 fully saturated rings. The summed E-state index contributed by atoms with van der Waals surface area (Å²) in [5.41, 5.74) is 0.621. The number of hydrogen-bond acceptors (Lipinski definition) is 3. The van der Waals surface area contributed by atoms with E-state index < -0.39 is 6.04 Å². The Morgan fingerprint density at radius 2 is 2.00 bits per heavy atom. The second-order valence-corrected chi connectivity index (χ2v) is 3.10. The van der Waals surface area contributed by atoms with Gasteiger partial charge in [0.1, 0.15) is 0 Å². The van der Waals surface area contributed by atoms with Gasteiger partial charge in [0.2, 0.25) is 6.04 Å². The molecule has 0 aliphatic heterocycles. The standard InChI is InChI=1S/C8H5BrN2O/c9-7-3-1-6(2-4-7)8(5-10)11-12/h1-4,8H. The fraction of sp³-hybridized carbons (Fsp3) is 0.125.